The van der Waals surface area contributed by atoms with Crippen molar-refractivity contribution >= 4 is 11.6 Å². The van der Waals surface area contributed by atoms with Crippen LogP contribution in [0.3, 0.4) is 0 Å². The number of phenolic OH excluding ortho intramolecular Hbond substituents is 1. The summed E-state index contributed by atoms with van der Waals surface area (Å²) in [6, 6.07) is 16.3. The normalized spacial score (nSPS) is 10.1. The van der Waals surface area contributed by atoms with E-state index in [1.807, 2.05) is 36.4 Å². The number of hydrogen-bond donors (Lipinski definition) is 1. The number of likely N-dealkylation sites (N-methyl/N-ethyl adjacent to an activating group) is 1. The molecule has 3 nitrogen and oxygen atoms in total. The highest BCUT2D eigenvalue weighted by atomic mass is 16.3. The Labute approximate surface area is 106 Å². The van der Waals surface area contributed by atoms with E-state index in [1.165, 1.54) is 0 Å². The van der Waals surface area contributed by atoms with E-state index in [4.69, 9.17) is 0 Å². The van der Waals surface area contributed by atoms with Crippen molar-refractivity contribution < 1.29 is 9.90 Å². The van der Waals surface area contributed by atoms with Crippen LogP contribution < -0.4 is 4.90 Å². The van der Waals surface area contributed by atoms with Crippen molar-refractivity contribution in [2.24, 2.45) is 0 Å². The van der Waals surface area contributed by atoms with E-state index in [1.54, 1.807) is 30.1 Å². The minimum atomic E-state index is -0.0531. The summed E-state index contributed by atoms with van der Waals surface area (Å²) in [7, 11) is 1.73. The first-order valence-corrected chi connectivity index (χ1v) is 5.77. The fourth-order valence-corrected chi connectivity index (χ4v) is 1.74. The third-order valence-electron chi connectivity index (χ3n) is 2.85. The minimum Gasteiger partial charge on any atom is -0.508 e. The molecule has 18 heavy (non-hydrogen) atoms. The van der Waals surface area contributed by atoms with Gasteiger partial charge in [-0.15, -0.1) is 0 Å². The molecular formula is C15H15NO2. The Kier molecular flexibility index (Phi) is 3.63. The number of hydrogen-bond acceptors (Lipinski definition) is 2. The van der Waals surface area contributed by atoms with E-state index in [-0.39, 0.29) is 18.1 Å². The lowest BCUT2D eigenvalue weighted by Crippen LogP contribution is -2.27. The van der Waals surface area contributed by atoms with Crippen LogP contribution >= 0.6 is 0 Å². The quantitative estimate of drug-likeness (QED) is 0.897. The monoisotopic (exact) mass is 241 g/mol. The Morgan fingerprint density at radius 1 is 1.06 bits per heavy atom. The van der Waals surface area contributed by atoms with Crippen LogP contribution in [-0.2, 0) is 11.2 Å². The molecular weight excluding hydrogens is 226 g/mol. The Morgan fingerprint density at radius 2 is 1.67 bits per heavy atom. The van der Waals surface area contributed by atoms with Crippen molar-refractivity contribution in [2.45, 2.75) is 6.42 Å². The van der Waals surface area contributed by atoms with E-state index in [9.17, 15) is 9.90 Å². The SMILES string of the molecule is CN(C(=O)Cc1ccccc1O)c1ccccc1. The topological polar surface area (TPSA) is 40.5 Å². The van der Waals surface area contributed by atoms with Gasteiger partial charge in [0.05, 0.1) is 6.42 Å². The Morgan fingerprint density at radius 3 is 2.33 bits per heavy atom. The van der Waals surface area contributed by atoms with Gasteiger partial charge < -0.3 is 10.0 Å². The second kappa shape index (κ2) is 5.36. The lowest BCUT2D eigenvalue weighted by Gasteiger charge is -2.17. The molecule has 0 heterocycles. The molecule has 92 valence electrons. The van der Waals surface area contributed by atoms with E-state index < -0.39 is 0 Å². The van der Waals surface area contributed by atoms with Crippen molar-refractivity contribution in [3.63, 3.8) is 0 Å². The van der Waals surface area contributed by atoms with E-state index in [0.717, 1.165) is 5.69 Å². The maximum Gasteiger partial charge on any atom is 0.231 e. The highest BCUT2D eigenvalue weighted by Gasteiger charge is 2.12. The van der Waals surface area contributed by atoms with Gasteiger partial charge in [-0.05, 0) is 18.2 Å². The number of aromatic hydroxyl groups is 1. The van der Waals surface area contributed by atoms with Crippen molar-refractivity contribution in [1.82, 2.24) is 0 Å². The molecule has 0 aliphatic carbocycles. The average molecular weight is 241 g/mol. The minimum absolute atomic E-state index is 0.0531. The number of rotatable bonds is 3. The van der Waals surface area contributed by atoms with Crippen LogP contribution in [0.25, 0.3) is 0 Å². The Bertz CT molecular complexity index is 537. The number of benzene rings is 2. The lowest BCUT2D eigenvalue weighted by molar-refractivity contribution is -0.117. The maximum absolute atomic E-state index is 12.1. The number of carbonyl (C=O) groups excluding carboxylic acids is 1. The highest BCUT2D eigenvalue weighted by molar-refractivity contribution is 5.94. The van der Waals surface area contributed by atoms with Gasteiger partial charge in [0.1, 0.15) is 5.75 Å². The molecule has 0 spiro atoms. The van der Waals surface area contributed by atoms with E-state index in [2.05, 4.69) is 0 Å². The predicted octanol–water partition coefficient (Wildman–Crippen LogP) is 2.60. The Hall–Kier alpha value is -2.29. The number of para-hydroxylation sites is 2. The highest BCUT2D eigenvalue weighted by Crippen LogP contribution is 2.18. The summed E-state index contributed by atoms with van der Waals surface area (Å²) in [5.74, 6) is 0.106. The third-order valence-corrected chi connectivity index (χ3v) is 2.85. The first-order chi connectivity index (χ1) is 8.68. The Balaban J connectivity index is 2.12. The van der Waals surface area contributed by atoms with Gasteiger partial charge in [-0.3, -0.25) is 4.79 Å². The van der Waals surface area contributed by atoms with Crippen molar-refractivity contribution in [3.05, 3.63) is 60.2 Å². The number of nitrogens with zero attached hydrogens (tertiary/aromatic N) is 1. The molecule has 0 fully saturated rings. The van der Waals surface area contributed by atoms with Gasteiger partial charge in [0.15, 0.2) is 0 Å². The molecule has 0 aromatic heterocycles. The zero-order valence-electron chi connectivity index (χ0n) is 10.2. The molecule has 1 amide bonds. The standard InChI is InChI=1S/C15H15NO2/c1-16(13-8-3-2-4-9-13)15(18)11-12-7-5-6-10-14(12)17/h2-10,17H,11H2,1H3. The van der Waals surface area contributed by atoms with Crippen molar-refractivity contribution in [2.75, 3.05) is 11.9 Å². The summed E-state index contributed by atoms with van der Waals surface area (Å²) in [4.78, 5) is 13.7. The van der Waals surface area contributed by atoms with Crippen molar-refractivity contribution in [1.29, 1.82) is 0 Å². The molecule has 2 aromatic carbocycles. The lowest BCUT2D eigenvalue weighted by atomic mass is 10.1. The molecule has 2 aromatic rings. The zero-order chi connectivity index (χ0) is 13.0. The average Bonchev–Trinajstić information content (AvgIpc) is 2.41. The van der Waals surface area contributed by atoms with Crippen LogP contribution in [0.4, 0.5) is 5.69 Å². The molecule has 0 aliphatic rings. The molecule has 2 rings (SSSR count). The first-order valence-electron chi connectivity index (χ1n) is 5.77. The molecule has 0 unspecified atom stereocenters. The van der Waals surface area contributed by atoms with Gasteiger partial charge in [-0.25, -0.2) is 0 Å². The number of anilines is 1. The van der Waals surface area contributed by atoms with Crippen LogP contribution in [0.1, 0.15) is 5.56 Å². The van der Waals surface area contributed by atoms with E-state index in [0.29, 0.717) is 5.56 Å². The van der Waals surface area contributed by atoms with Crippen LogP contribution in [0.15, 0.2) is 54.6 Å². The second-order valence-electron chi connectivity index (χ2n) is 4.09. The molecule has 0 bridgehead atoms. The summed E-state index contributed by atoms with van der Waals surface area (Å²) in [6.07, 6.45) is 0.193. The molecule has 0 saturated carbocycles. The smallest absolute Gasteiger partial charge is 0.231 e. The molecule has 0 radical (unpaired) electrons. The summed E-state index contributed by atoms with van der Waals surface area (Å²) < 4.78 is 0. The summed E-state index contributed by atoms with van der Waals surface area (Å²) in [6.45, 7) is 0. The number of phenols is 1. The van der Waals surface area contributed by atoms with Gasteiger partial charge >= 0.3 is 0 Å². The first kappa shape index (κ1) is 12.2. The number of carbonyl (C=O) groups is 1. The fourth-order valence-electron chi connectivity index (χ4n) is 1.74. The van der Waals surface area contributed by atoms with Gasteiger partial charge in [-0.2, -0.15) is 0 Å². The largest absolute Gasteiger partial charge is 0.508 e. The van der Waals surface area contributed by atoms with Crippen LogP contribution in [-0.4, -0.2) is 18.1 Å². The zero-order valence-corrected chi connectivity index (χ0v) is 10.2. The van der Waals surface area contributed by atoms with E-state index >= 15 is 0 Å². The van der Waals surface area contributed by atoms with Crippen LogP contribution in [0.2, 0.25) is 0 Å². The second-order valence-corrected chi connectivity index (χ2v) is 4.09. The molecule has 1 N–H and O–H groups in total. The van der Waals surface area contributed by atoms with Gasteiger partial charge in [0, 0.05) is 18.3 Å². The summed E-state index contributed by atoms with van der Waals surface area (Å²) in [5.41, 5.74) is 1.49. The van der Waals surface area contributed by atoms with Crippen LogP contribution in [0.5, 0.6) is 5.75 Å². The molecule has 0 saturated heterocycles. The van der Waals surface area contributed by atoms with Gasteiger partial charge in [0.25, 0.3) is 0 Å². The number of amides is 1. The van der Waals surface area contributed by atoms with Gasteiger partial charge in [-0.1, -0.05) is 36.4 Å². The molecule has 0 aliphatic heterocycles. The maximum atomic E-state index is 12.1. The van der Waals surface area contributed by atoms with Gasteiger partial charge in [0.2, 0.25) is 5.91 Å². The van der Waals surface area contributed by atoms with Crippen LogP contribution in [0, 0.1) is 0 Å². The van der Waals surface area contributed by atoms with Crippen molar-refractivity contribution in [3.8, 4) is 5.75 Å². The fraction of sp³-hybridized carbons (Fsp3) is 0.133. The summed E-state index contributed by atoms with van der Waals surface area (Å²) in [5, 5.41) is 9.64. The molecule has 3 heteroatoms. The predicted molar refractivity (Wildman–Crippen MR) is 71.7 cm³/mol. The molecule has 0 atom stereocenters. The summed E-state index contributed by atoms with van der Waals surface area (Å²) >= 11 is 0. The third kappa shape index (κ3) is 2.69.